The van der Waals surface area contributed by atoms with Crippen LogP contribution in [0.25, 0.3) is 0 Å². The first-order chi connectivity index (χ1) is 2.56. The summed E-state index contributed by atoms with van der Waals surface area (Å²) >= 11 is 0. The molecule has 0 aromatic carbocycles. The smallest absolute Gasteiger partial charge is 0.344 e. The Morgan fingerprint density at radius 3 is 1.11 bits per heavy atom. The van der Waals surface area contributed by atoms with Gasteiger partial charge in [-0.1, -0.05) is 0 Å². The average molecular weight is 163 g/mol. The Kier molecular flexibility index (Phi) is 20.8. The van der Waals surface area contributed by atoms with Crippen LogP contribution in [0.2, 0.25) is 0 Å². The van der Waals surface area contributed by atoms with Gasteiger partial charge in [-0.2, -0.15) is 0 Å². The van der Waals surface area contributed by atoms with E-state index >= 15 is 0 Å². The van der Waals surface area contributed by atoms with Crippen molar-refractivity contribution in [1.82, 2.24) is 18.5 Å². The van der Waals surface area contributed by atoms with E-state index in [0.717, 1.165) is 0 Å². The van der Waals surface area contributed by atoms with Crippen molar-refractivity contribution in [1.29, 1.82) is 0 Å². The van der Waals surface area contributed by atoms with Gasteiger partial charge in [-0.15, -0.1) is 0 Å². The maximum absolute atomic E-state index is 8.08. The molecule has 0 aliphatic rings. The second-order valence-corrected chi connectivity index (χ2v) is 3.38. The zero-order valence-corrected chi connectivity index (χ0v) is 6.67. The van der Waals surface area contributed by atoms with Gasteiger partial charge >= 0.3 is 35.7 Å². The number of hydrogen-bond donors (Lipinski definition) is 6. The molecule has 7 heteroatoms. The van der Waals surface area contributed by atoms with Crippen LogP contribution in [0.4, 0.5) is 0 Å². The molecule has 64 valence electrons. The summed E-state index contributed by atoms with van der Waals surface area (Å²) in [6.45, 7) is 1.52. The SMILES string of the molecule is CC[PH](O)(O)O.N.N.N. The maximum atomic E-state index is 8.08. The molecule has 0 aliphatic carbocycles. The van der Waals surface area contributed by atoms with Gasteiger partial charge < -0.3 is 18.5 Å². The van der Waals surface area contributed by atoms with Crippen molar-refractivity contribution in [2.75, 3.05) is 6.16 Å². The fraction of sp³-hybridized carbons (Fsp3) is 1.00. The van der Waals surface area contributed by atoms with Crippen molar-refractivity contribution in [2.45, 2.75) is 6.92 Å². The Hall–Kier alpha value is 0.190. The van der Waals surface area contributed by atoms with Crippen molar-refractivity contribution >= 4 is 7.94 Å². The van der Waals surface area contributed by atoms with Crippen molar-refractivity contribution in [3.63, 3.8) is 0 Å². The fourth-order valence-electron chi connectivity index (χ4n) is 0. The zero-order valence-electron chi connectivity index (χ0n) is 5.67. The third kappa shape index (κ3) is 30.8. The number of hydrogen-bond acceptors (Lipinski definition) is 6. The van der Waals surface area contributed by atoms with Crippen LogP contribution in [-0.2, 0) is 0 Å². The van der Waals surface area contributed by atoms with E-state index in [1.807, 2.05) is 0 Å². The second kappa shape index (κ2) is 8.19. The van der Waals surface area contributed by atoms with Crippen LogP contribution in [0.5, 0.6) is 0 Å². The molecule has 0 rings (SSSR count). The molecule has 0 atom stereocenters. The molecule has 12 N–H and O–H groups in total. The van der Waals surface area contributed by atoms with Crippen LogP contribution in [-0.4, -0.2) is 20.8 Å². The largest absolute Gasteiger partial charge is 0.344 e. The summed E-state index contributed by atoms with van der Waals surface area (Å²) in [5, 5.41) is 0. The maximum Gasteiger partial charge on any atom is -0.344 e. The molecule has 0 unspecified atom stereocenters. The van der Waals surface area contributed by atoms with E-state index in [9.17, 15) is 0 Å². The first kappa shape index (κ1) is 22.9. The molecule has 6 nitrogen and oxygen atoms in total. The van der Waals surface area contributed by atoms with Gasteiger partial charge in [0.15, 0.2) is 0 Å². The summed E-state index contributed by atoms with van der Waals surface area (Å²) in [4.78, 5) is 24.2. The Morgan fingerprint density at radius 2 is 1.11 bits per heavy atom. The van der Waals surface area contributed by atoms with Crippen LogP contribution in [0.3, 0.4) is 0 Å². The summed E-state index contributed by atoms with van der Waals surface area (Å²) < 4.78 is 0. The van der Waals surface area contributed by atoms with Gasteiger partial charge in [-0.3, -0.25) is 0 Å². The average Bonchev–Trinajstić information content (AvgIpc) is 1.35. The van der Waals surface area contributed by atoms with Crippen molar-refractivity contribution < 1.29 is 14.7 Å². The van der Waals surface area contributed by atoms with Crippen LogP contribution in [0, 0.1) is 0 Å². The summed E-state index contributed by atoms with van der Waals surface area (Å²) in [6.07, 6.45) is 0.0764. The van der Waals surface area contributed by atoms with Crippen molar-refractivity contribution in [3.05, 3.63) is 0 Å². The van der Waals surface area contributed by atoms with E-state index in [0.29, 0.717) is 0 Å². The minimum atomic E-state index is -3.63. The van der Waals surface area contributed by atoms with E-state index in [4.69, 9.17) is 14.7 Å². The summed E-state index contributed by atoms with van der Waals surface area (Å²) in [7, 11) is -3.63. The molecular weight excluding hydrogens is 145 g/mol. The minimum absolute atomic E-state index is 0. The molecule has 0 aromatic rings. The zero-order chi connectivity index (χ0) is 5.21. The Balaban J connectivity index is -0.0000000417. The normalized spacial score (nSPS) is 9.78. The van der Waals surface area contributed by atoms with Gasteiger partial charge in [0.1, 0.15) is 0 Å². The van der Waals surface area contributed by atoms with Crippen LogP contribution >= 0.6 is 7.94 Å². The summed E-state index contributed by atoms with van der Waals surface area (Å²) in [5.74, 6) is 0. The van der Waals surface area contributed by atoms with E-state index in [1.54, 1.807) is 0 Å². The van der Waals surface area contributed by atoms with E-state index in [1.165, 1.54) is 6.92 Å². The minimum Gasteiger partial charge on any atom is -0.344 e. The Bertz CT molecular complexity index is 46.8. The molecule has 0 amide bonds. The molecule has 0 aromatic heterocycles. The van der Waals surface area contributed by atoms with Crippen LogP contribution in [0.1, 0.15) is 6.92 Å². The van der Waals surface area contributed by atoms with Gasteiger partial charge in [-0.25, -0.2) is 0 Å². The topological polar surface area (TPSA) is 166 Å². The van der Waals surface area contributed by atoms with Gasteiger partial charge in [0.25, 0.3) is 0 Å². The van der Waals surface area contributed by atoms with Gasteiger partial charge in [0.05, 0.1) is 0 Å². The molecule has 0 aliphatic heterocycles. The number of rotatable bonds is 1. The molecule has 0 saturated carbocycles. The van der Waals surface area contributed by atoms with Gasteiger partial charge in [0, 0.05) is 0 Å². The fourth-order valence-corrected chi connectivity index (χ4v) is 0. The standard InChI is InChI=1S/C2H9O3P.3H3N/c1-2-6(3,4)5;;;/h3-6H,2H2,1H3;3*1H3. The molecule has 0 radical (unpaired) electrons. The molecule has 0 spiro atoms. The molecule has 0 bridgehead atoms. The predicted molar refractivity (Wildman–Crippen MR) is 40.6 cm³/mol. The predicted octanol–water partition coefficient (Wildman–Crippen LogP) is -0.0359. The van der Waals surface area contributed by atoms with E-state index < -0.39 is 7.94 Å². The van der Waals surface area contributed by atoms with Crippen molar-refractivity contribution in [3.8, 4) is 0 Å². The molecule has 0 saturated heterocycles. The van der Waals surface area contributed by atoms with Gasteiger partial charge in [-0.05, 0) is 0 Å². The van der Waals surface area contributed by atoms with Crippen LogP contribution < -0.4 is 18.5 Å². The molecule has 0 fully saturated rings. The van der Waals surface area contributed by atoms with Gasteiger partial charge in [0.2, 0.25) is 0 Å². The van der Waals surface area contributed by atoms with Crippen molar-refractivity contribution in [2.24, 2.45) is 0 Å². The third-order valence-corrected chi connectivity index (χ3v) is 1.42. The second-order valence-electron chi connectivity index (χ2n) is 1.13. The van der Waals surface area contributed by atoms with E-state index in [-0.39, 0.29) is 24.6 Å². The monoisotopic (exact) mass is 163 g/mol. The Labute approximate surface area is 55.2 Å². The van der Waals surface area contributed by atoms with Crippen LogP contribution in [0.15, 0.2) is 0 Å². The van der Waals surface area contributed by atoms with E-state index in [2.05, 4.69) is 0 Å². The third-order valence-electron chi connectivity index (χ3n) is 0.474. The Morgan fingerprint density at radius 1 is 1.00 bits per heavy atom. The molecule has 9 heavy (non-hydrogen) atoms. The quantitative estimate of drug-likeness (QED) is 0.296. The summed E-state index contributed by atoms with van der Waals surface area (Å²) in [5.41, 5.74) is 0. The first-order valence-electron chi connectivity index (χ1n) is 1.73. The molecular formula is C2H18N3O3P. The summed E-state index contributed by atoms with van der Waals surface area (Å²) in [6, 6.07) is 0. The first-order valence-corrected chi connectivity index (χ1v) is 3.78. The molecule has 0 heterocycles.